The van der Waals surface area contributed by atoms with E-state index < -0.39 is 0 Å². The van der Waals surface area contributed by atoms with Crippen LogP contribution in [0, 0.1) is 0 Å². The zero-order valence-corrected chi connectivity index (χ0v) is 16.4. The van der Waals surface area contributed by atoms with E-state index in [2.05, 4.69) is 30.7 Å². The van der Waals surface area contributed by atoms with Crippen molar-refractivity contribution < 1.29 is 18.9 Å². The van der Waals surface area contributed by atoms with E-state index in [1.165, 1.54) is 0 Å². The number of rotatable bonds is 8. The smallest absolute Gasteiger partial charge is 0.319 e. The molecule has 2 rings (SSSR count). The van der Waals surface area contributed by atoms with Gasteiger partial charge in [0.15, 0.2) is 0 Å². The Morgan fingerprint density at radius 3 is 2.36 bits per heavy atom. The second-order valence-electron chi connectivity index (χ2n) is 8.40. The monoisotopic (exact) mass is 352 g/mol. The summed E-state index contributed by atoms with van der Waals surface area (Å²) in [5, 5.41) is 0. The third-order valence-electron chi connectivity index (χ3n) is 3.52. The van der Waals surface area contributed by atoms with Gasteiger partial charge >= 0.3 is 6.01 Å². The standard InChI is InChI=1S/C19H32N2O4/c1-18(2,3)23-11-7-10-22-17-20-9-8-16(21-17)24-14-12-15(13-14)25-19(4,5)6/h8-9,14-15H,7,10-13H2,1-6H3. The van der Waals surface area contributed by atoms with Gasteiger partial charge in [-0.05, 0) is 41.5 Å². The Labute approximate surface area is 151 Å². The van der Waals surface area contributed by atoms with Crippen LogP contribution in [0.1, 0.15) is 60.8 Å². The van der Waals surface area contributed by atoms with Crippen LogP contribution >= 0.6 is 0 Å². The zero-order chi connectivity index (χ0) is 18.5. The minimum Gasteiger partial charge on any atom is -0.474 e. The third kappa shape index (κ3) is 8.01. The van der Waals surface area contributed by atoms with Crippen molar-refractivity contribution in [3.63, 3.8) is 0 Å². The lowest BCUT2D eigenvalue weighted by atomic mass is 9.91. The van der Waals surface area contributed by atoms with E-state index >= 15 is 0 Å². The summed E-state index contributed by atoms with van der Waals surface area (Å²) >= 11 is 0. The number of aromatic nitrogens is 2. The highest BCUT2D eigenvalue weighted by atomic mass is 16.5. The van der Waals surface area contributed by atoms with Crippen molar-refractivity contribution in [2.75, 3.05) is 13.2 Å². The molecule has 0 spiro atoms. The van der Waals surface area contributed by atoms with Gasteiger partial charge in [-0.1, -0.05) is 0 Å². The van der Waals surface area contributed by atoms with Gasteiger partial charge in [-0.25, -0.2) is 4.98 Å². The van der Waals surface area contributed by atoms with Crippen LogP contribution in [0.4, 0.5) is 0 Å². The normalized spacial score (nSPS) is 20.9. The molecule has 6 nitrogen and oxygen atoms in total. The largest absolute Gasteiger partial charge is 0.474 e. The first-order valence-corrected chi connectivity index (χ1v) is 9.05. The van der Waals surface area contributed by atoms with E-state index in [1.807, 2.05) is 20.8 Å². The summed E-state index contributed by atoms with van der Waals surface area (Å²) in [7, 11) is 0. The highest BCUT2D eigenvalue weighted by Crippen LogP contribution is 2.30. The minimum absolute atomic E-state index is 0.109. The number of hydrogen-bond acceptors (Lipinski definition) is 6. The fourth-order valence-electron chi connectivity index (χ4n) is 2.44. The van der Waals surface area contributed by atoms with Gasteiger partial charge in [0.1, 0.15) is 6.10 Å². The summed E-state index contributed by atoms with van der Waals surface area (Å²) in [4.78, 5) is 8.42. The van der Waals surface area contributed by atoms with E-state index in [9.17, 15) is 0 Å². The van der Waals surface area contributed by atoms with Crippen molar-refractivity contribution in [3.05, 3.63) is 12.3 Å². The second kappa shape index (κ2) is 8.32. The molecule has 1 aliphatic carbocycles. The molecule has 142 valence electrons. The van der Waals surface area contributed by atoms with Gasteiger partial charge in [-0.3, -0.25) is 0 Å². The highest BCUT2D eigenvalue weighted by molar-refractivity contribution is 5.12. The van der Waals surface area contributed by atoms with Crippen LogP contribution in [0.5, 0.6) is 11.9 Å². The molecule has 0 atom stereocenters. The van der Waals surface area contributed by atoms with Gasteiger partial charge in [0.05, 0.1) is 30.5 Å². The predicted molar refractivity (Wildman–Crippen MR) is 96.1 cm³/mol. The first kappa shape index (κ1) is 19.9. The van der Waals surface area contributed by atoms with E-state index in [-0.39, 0.29) is 23.4 Å². The Morgan fingerprint density at radius 1 is 1.00 bits per heavy atom. The Morgan fingerprint density at radius 2 is 1.72 bits per heavy atom. The number of nitrogens with zero attached hydrogens (tertiary/aromatic N) is 2. The fraction of sp³-hybridized carbons (Fsp3) is 0.789. The molecule has 1 fully saturated rings. The molecule has 0 aliphatic heterocycles. The first-order chi connectivity index (χ1) is 11.6. The number of hydrogen-bond donors (Lipinski definition) is 0. The SMILES string of the molecule is CC(C)(C)OCCCOc1nccc(OC2CC(OC(C)(C)C)C2)n1. The lowest BCUT2D eigenvalue weighted by molar-refractivity contribution is -0.127. The maximum atomic E-state index is 5.92. The molecule has 1 saturated carbocycles. The van der Waals surface area contributed by atoms with Crippen LogP contribution in [0.15, 0.2) is 12.3 Å². The molecule has 0 unspecified atom stereocenters. The summed E-state index contributed by atoms with van der Waals surface area (Å²) in [6.45, 7) is 13.5. The van der Waals surface area contributed by atoms with Crippen LogP contribution < -0.4 is 9.47 Å². The van der Waals surface area contributed by atoms with E-state index in [0.29, 0.717) is 25.1 Å². The van der Waals surface area contributed by atoms with Gasteiger partial charge in [-0.2, -0.15) is 4.98 Å². The molecule has 1 heterocycles. The highest BCUT2D eigenvalue weighted by Gasteiger charge is 2.34. The molecule has 0 bridgehead atoms. The lowest BCUT2D eigenvalue weighted by Gasteiger charge is -2.38. The van der Waals surface area contributed by atoms with Gasteiger partial charge in [0.2, 0.25) is 5.88 Å². The zero-order valence-electron chi connectivity index (χ0n) is 16.4. The van der Waals surface area contributed by atoms with Crippen molar-refractivity contribution in [2.24, 2.45) is 0 Å². The van der Waals surface area contributed by atoms with Crippen molar-refractivity contribution in [2.45, 2.75) is 84.2 Å². The summed E-state index contributed by atoms with van der Waals surface area (Å²) < 4.78 is 23.0. The summed E-state index contributed by atoms with van der Waals surface area (Å²) in [6.07, 6.45) is 4.65. The molecule has 0 amide bonds. The predicted octanol–water partition coefficient (Wildman–Crippen LogP) is 3.79. The molecule has 25 heavy (non-hydrogen) atoms. The van der Waals surface area contributed by atoms with Gasteiger partial charge in [-0.15, -0.1) is 0 Å². The van der Waals surface area contributed by atoms with Gasteiger partial charge < -0.3 is 18.9 Å². The fourth-order valence-corrected chi connectivity index (χ4v) is 2.44. The molecule has 0 aromatic carbocycles. The summed E-state index contributed by atoms with van der Waals surface area (Å²) in [5.74, 6) is 0.551. The Bertz CT molecular complexity index is 531. The van der Waals surface area contributed by atoms with Crippen LogP contribution in [0.2, 0.25) is 0 Å². The van der Waals surface area contributed by atoms with Crippen LogP contribution in [0.25, 0.3) is 0 Å². The molecule has 1 aromatic rings. The summed E-state index contributed by atoms with van der Waals surface area (Å²) in [6, 6.07) is 2.10. The maximum absolute atomic E-state index is 5.92. The van der Waals surface area contributed by atoms with Crippen molar-refractivity contribution in [1.29, 1.82) is 0 Å². The number of ether oxygens (including phenoxy) is 4. The molecule has 1 aliphatic rings. The second-order valence-corrected chi connectivity index (χ2v) is 8.40. The first-order valence-electron chi connectivity index (χ1n) is 9.05. The molecule has 0 N–H and O–H groups in total. The van der Waals surface area contributed by atoms with Crippen molar-refractivity contribution in [3.8, 4) is 11.9 Å². The quantitative estimate of drug-likeness (QED) is 0.663. The van der Waals surface area contributed by atoms with Crippen LogP contribution in [-0.4, -0.2) is 46.6 Å². The average molecular weight is 352 g/mol. The van der Waals surface area contributed by atoms with E-state index in [1.54, 1.807) is 12.3 Å². The van der Waals surface area contributed by atoms with Crippen LogP contribution in [0.3, 0.4) is 0 Å². The van der Waals surface area contributed by atoms with Crippen LogP contribution in [-0.2, 0) is 9.47 Å². The third-order valence-corrected chi connectivity index (χ3v) is 3.52. The van der Waals surface area contributed by atoms with E-state index in [0.717, 1.165) is 19.3 Å². The Balaban J connectivity index is 1.68. The van der Waals surface area contributed by atoms with Gasteiger partial charge in [0.25, 0.3) is 0 Å². The summed E-state index contributed by atoms with van der Waals surface area (Å²) in [5.41, 5.74) is -0.232. The molecule has 0 radical (unpaired) electrons. The lowest BCUT2D eigenvalue weighted by Crippen LogP contribution is -2.43. The van der Waals surface area contributed by atoms with Gasteiger partial charge in [0, 0.05) is 31.5 Å². The Kier molecular flexibility index (Phi) is 6.63. The maximum Gasteiger partial charge on any atom is 0.319 e. The average Bonchev–Trinajstić information content (AvgIpc) is 2.42. The molecule has 1 aromatic heterocycles. The molecule has 0 saturated heterocycles. The molecule has 6 heteroatoms. The van der Waals surface area contributed by atoms with Crippen molar-refractivity contribution >= 4 is 0 Å². The molecular formula is C19H32N2O4. The Hall–Kier alpha value is -1.40. The van der Waals surface area contributed by atoms with E-state index in [4.69, 9.17) is 18.9 Å². The topological polar surface area (TPSA) is 62.7 Å². The molecular weight excluding hydrogens is 320 g/mol. The minimum atomic E-state index is -0.123. The van der Waals surface area contributed by atoms with Crippen molar-refractivity contribution in [1.82, 2.24) is 9.97 Å².